The molecule has 0 spiro atoms. The third kappa shape index (κ3) is 5.20. The van der Waals surface area contributed by atoms with E-state index in [0.717, 1.165) is 11.1 Å². The zero-order valence-corrected chi connectivity index (χ0v) is 13.9. The van der Waals surface area contributed by atoms with Crippen LogP contribution >= 0.6 is 11.8 Å². The smallest absolute Gasteiger partial charge is 0.212 e. The SMILES string of the molecule is C=C(NC(=NCc1ccnc(NC=O)c1)SC)c1ccc(F)cc1. The zero-order valence-electron chi connectivity index (χ0n) is 13.1. The molecule has 0 fully saturated rings. The van der Waals surface area contributed by atoms with E-state index < -0.39 is 0 Å². The molecule has 0 saturated carbocycles. The Labute approximate surface area is 144 Å². The number of carbonyl (C=O) groups is 1. The summed E-state index contributed by atoms with van der Waals surface area (Å²) in [6.45, 7) is 4.38. The van der Waals surface area contributed by atoms with Crippen LogP contribution in [0.25, 0.3) is 5.70 Å². The number of anilines is 1. The number of carbonyl (C=O) groups excluding carboxylic acids is 1. The normalized spacial score (nSPS) is 11.0. The molecule has 0 radical (unpaired) electrons. The summed E-state index contributed by atoms with van der Waals surface area (Å²) in [6.07, 6.45) is 4.09. The highest BCUT2D eigenvalue weighted by Gasteiger charge is 2.03. The minimum atomic E-state index is -0.289. The molecule has 0 aliphatic rings. The van der Waals surface area contributed by atoms with Gasteiger partial charge < -0.3 is 10.6 Å². The number of amides is 1. The summed E-state index contributed by atoms with van der Waals surface area (Å²) in [7, 11) is 0. The van der Waals surface area contributed by atoms with E-state index in [1.807, 2.05) is 12.3 Å². The maximum absolute atomic E-state index is 13.0. The third-order valence-electron chi connectivity index (χ3n) is 3.08. The second-order valence-electron chi connectivity index (χ2n) is 4.75. The summed E-state index contributed by atoms with van der Waals surface area (Å²) in [5.74, 6) is 0.190. The summed E-state index contributed by atoms with van der Waals surface area (Å²) < 4.78 is 13.0. The second kappa shape index (κ2) is 8.83. The lowest BCUT2D eigenvalue weighted by atomic mass is 10.2. The number of nitrogens with zero attached hydrogens (tertiary/aromatic N) is 2. The molecular formula is C17H17FN4OS. The Balaban J connectivity index is 2.03. The Hall–Kier alpha value is -2.67. The molecule has 124 valence electrons. The number of thioether (sulfide) groups is 1. The Morgan fingerprint density at radius 1 is 1.38 bits per heavy atom. The highest BCUT2D eigenvalue weighted by atomic mass is 32.2. The van der Waals surface area contributed by atoms with Gasteiger partial charge in [-0.05, 0) is 41.6 Å². The van der Waals surface area contributed by atoms with E-state index in [-0.39, 0.29) is 5.82 Å². The van der Waals surface area contributed by atoms with E-state index >= 15 is 0 Å². The largest absolute Gasteiger partial charge is 0.335 e. The minimum absolute atomic E-state index is 0.289. The van der Waals surface area contributed by atoms with E-state index in [0.29, 0.717) is 29.6 Å². The molecule has 0 aliphatic heterocycles. The summed E-state index contributed by atoms with van der Waals surface area (Å²) in [5.41, 5.74) is 2.34. The predicted octanol–water partition coefficient (Wildman–Crippen LogP) is 3.27. The molecule has 0 aliphatic carbocycles. The number of hydrogen-bond donors (Lipinski definition) is 2. The second-order valence-corrected chi connectivity index (χ2v) is 5.54. The van der Waals surface area contributed by atoms with Gasteiger partial charge >= 0.3 is 0 Å². The Morgan fingerprint density at radius 3 is 2.79 bits per heavy atom. The van der Waals surface area contributed by atoms with Gasteiger partial charge in [0.25, 0.3) is 0 Å². The van der Waals surface area contributed by atoms with Gasteiger partial charge in [0.15, 0.2) is 5.17 Å². The lowest BCUT2D eigenvalue weighted by Gasteiger charge is -2.11. The molecule has 24 heavy (non-hydrogen) atoms. The first-order valence-corrected chi connectivity index (χ1v) is 8.30. The molecule has 5 nitrogen and oxygen atoms in total. The van der Waals surface area contributed by atoms with E-state index in [9.17, 15) is 9.18 Å². The molecule has 2 aromatic rings. The average Bonchev–Trinajstić information content (AvgIpc) is 2.59. The molecule has 1 heterocycles. The number of benzene rings is 1. The highest BCUT2D eigenvalue weighted by molar-refractivity contribution is 8.13. The summed E-state index contributed by atoms with van der Waals surface area (Å²) in [6, 6.07) is 9.66. The number of nitrogens with one attached hydrogen (secondary N) is 2. The number of halogens is 1. The quantitative estimate of drug-likeness (QED) is 0.479. The monoisotopic (exact) mass is 344 g/mol. The first kappa shape index (κ1) is 17.7. The molecule has 0 saturated heterocycles. The van der Waals surface area contributed by atoms with Crippen molar-refractivity contribution in [2.45, 2.75) is 6.54 Å². The molecule has 1 aromatic carbocycles. The molecular weight excluding hydrogens is 327 g/mol. The van der Waals surface area contributed by atoms with Crippen LogP contribution in [0.3, 0.4) is 0 Å². The highest BCUT2D eigenvalue weighted by Crippen LogP contribution is 2.13. The van der Waals surface area contributed by atoms with E-state index in [4.69, 9.17) is 0 Å². The van der Waals surface area contributed by atoms with Crippen molar-refractivity contribution in [1.29, 1.82) is 0 Å². The molecule has 1 aromatic heterocycles. The van der Waals surface area contributed by atoms with Crippen molar-refractivity contribution in [3.8, 4) is 0 Å². The molecule has 7 heteroatoms. The predicted molar refractivity (Wildman–Crippen MR) is 97.1 cm³/mol. The molecule has 1 amide bonds. The lowest BCUT2D eigenvalue weighted by Crippen LogP contribution is -2.18. The van der Waals surface area contributed by atoms with Crippen molar-refractivity contribution in [1.82, 2.24) is 10.3 Å². The first-order valence-electron chi connectivity index (χ1n) is 7.08. The number of hydrogen-bond acceptors (Lipinski definition) is 4. The van der Waals surface area contributed by atoms with Gasteiger partial charge in [-0.1, -0.05) is 30.5 Å². The lowest BCUT2D eigenvalue weighted by molar-refractivity contribution is -0.105. The van der Waals surface area contributed by atoms with Crippen LogP contribution in [-0.2, 0) is 11.3 Å². The number of pyridine rings is 1. The zero-order chi connectivity index (χ0) is 17.4. The molecule has 0 unspecified atom stereocenters. The maximum Gasteiger partial charge on any atom is 0.212 e. The van der Waals surface area contributed by atoms with Crippen LogP contribution in [0, 0.1) is 5.82 Å². The maximum atomic E-state index is 13.0. The first-order chi connectivity index (χ1) is 11.6. The van der Waals surface area contributed by atoms with Gasteiger partial charge in [0.05, 0.1) is 6.54 Å². The van der Waals surface area contributed by atoms with E-state index in [1.54, 1.807) is 24.4 Å². The van der Waals surface area contributed by atoms with E-state index in [1.165, 1.54) is 23.9 Å². The van der Waals surface area contributed by atoms with Gasteiger partial charge in [0, 0.05) is 11.9 Å². The minimum Gasteiger partial charge on any atom is -0.335 e. The summed E-state index contributed by atoms with van der Waals surface area (Å²) >= 11 is 1.45. The van der Waals surface area contributed by atoms with Crippen LogP contribution < -0.4 is 10.6 Å². The van der Waals surface area contributed by atoms with Crippen molar-refractivity contribution in [3.05, 3.63) is 66.1 Å². The van der Waals surface area contributed by atoms with Crippen LogP contribution in [0.15, 0.2) is 54.2 Å². The Bertz CT molecular complexity index is 747. The molecule has 2 rings (SSSR count). The Morgan fingerprint density at radius 2 is 2.12 bits per heavy atom. The standard InChI is InChI=1S/C17H17FN4OS/c1-12(14-3-5-15(18)6-4-14)22-17(24-2)20-10-13-7-8-19-16(9-13)21-11-23/h3-9,11H,1,10H2,2H3,(H,20,22)(H,19,21,23). The average molecular weight is 344 g/mol. The van der Waals surface area contributed by atoms with Gasteiger partial charge in [0.1, 0.15) is 11.6 Å². The fourth-order valence-corrected chi connectivity index (χ4v) is 2.30. The number of aliphatic imine (C=N–C) groups is 1. The van der Waals surface area contributed by atoms with Gasteiger partial charge in [-0.15, -0.1) is 0 Å². The number of amidine groups is 1. The van der Waals surface area contributed by atoms with E-state index in [2.05, 4.69) is 27.2 Å². The molecule has 2 N–H and O–H groups in total. The summed E-state index contributed by atoms with van der Waals surface area (Å²) in [4.78, 5) is 19.0. The van der Waals surface area contributed by atoms with Gasteiger partial charge in [-0.2, -0.15) is 0 Å². The van der Waals surface area contributed by atoms with Crippen molar-refractivity contribution < 1.29 is 9.18 Å². The van der Waals surface area contributed by atoms with Crippen molar-refractivity contribution in [3.63, 3.8) is 0 Å². The van der Waals surface area contributed by atoms with Gasteiger partial charge in [-0.3, -0.25) is 9.79 Å². The van der Waals surface area contributed by atoms with Crippen LogP contribution in [0.5, 0.6) is 0 Å². The van der Waals surface area contributed by atoms with Crippen molar-refractivity contribution >= 4 is 34.9 Å². The van der Waals surface area contributed by atoms with Gasteiger partial charge in [0.2, 0.25) is 6.41 Å². The number of rotatable bonds is 6. The fraction of sp³-hybridized carbons (Fsp3) is 0.118. The van der Waals surface area contributed by atoms with Crippen LogP contribution in [0.1, 0.15) is 11.1 Å². The van der Waals surface area contributed by atoms with Gasteiger partial charge in [-0.25, -0.2) is 9.37 Å². The fourth-order valence-electron chi connectivity index (χ4n) is 1.88. The van der Waals surface area contributed by atoms with Crippen LogP contribution in [-0.4, -0.2) is 22.8 Å². The molecule has 0 bridgehead atoms. The van der Waals surface area contributed by atoms with Crippen molar-refractivity contribution in [2.24, 2.45) is 4.99 Å². The summed E-state index contributed by atoms with van der Waals surface area (Å²) in [5, 5.41) is 6.31. The van der Waals surface area contributed by atoms with Crippen LogP contribution in [0.4, 0.5) is 10.2 Å². The number of aromatic nitrogens is 1. The third-order valence-corrected chi connectivity index (χ3v) is 3.70. The Kier molecular flexibility index (Phi) is 6.51. The van der Waals surface area contributed by atoms with Crippen LogP contribution in [0.2, 0.25) is 0 Å². The molecule has 0 atom stereocenters. The topological polar surface area (TPSA) is 66.4 Å². The van der Waals surface area contributed by atoms with Crippen molar-refractivity contribution in [2.75, 3.05) is 11.6 Å².